The zero-order valence-corrected chi connectivity index (χ0v) is 14.3. The number of nitrogens with one attached hydrogen (secondary N) is 2. The van der Waals surface area contributed by atoms with Crippen LogP contribution in [-0.4, -0.2) is 31.0 Å². The number of guanidine groups is 1. The zero-order valence-electron chi connectivity index (χ0n) is 11.9. The van der Waals surface area contributed by atoms with Gasteiger partial charge in [0.25, 0.3) is 0 Å². The molecule has 1 saturated carbocycles. The van der Waals surface area contributed by atoms with Crippen molar-refractivity contribution in [3.05, 3.63) is 0 Å². The summed E-state index contributed by atoms with van der Waals surface area (Å²) in [6.07, 6.45) is 4.65. The zero-order chi connectivity index (χ0) is 13.4. The summed E-state index contributed by atoms with van der Waals surface area (Å²) in [5.74, 6) is 1.29. The van der Waals surface area contributed by atoms with Gasteiger partial charge in [0.2, 0.25) is 5.91 Å². The van der Waals surface area contributed by atoms with Gasteiger partial charge in [-0.05, 0) is 31.6 Å². The van der Waals surface area contributed by atoms with E-state index in [0.29, 0.717) is 30.9 Å². The lowest BCUT2D eigenvalue weighted by Crippen LogP contribution is -2.33. The largest absolute Gasteiger partial charge is 0.370 e. The predicted molar refractivity (Wildman–Crippen MR) is 89.8 cm³/mol. The normalized spacial score (nSPS) is 15.0. The molecule has 19 heavy (non-hydrogen) atoms. The first-order chi connectivity index (χ1) is 8.58. The number of nitrogens with two attached hydrogens (primary N) is 1. The molecule has 0 radical (unpaired) electrons. The fourth-order valence-electron chi connectivity index (χ4n) is 1.51. The van der Waals surface area contributed by atoms with Gasteiger partial charge < -0.3 is 16.4 Å². The quantitative estimate of drug-likeness (QED) is 0.258. The van der Waals surface area contributed by atoms with Crippen molar-refractivity contribution in [2.45, 2.75) is 52.0 Å². The van der Waals surface area contributed by atoms with Crippen LogP contribution in [0.1, 0.15) is 46.0 Å². The number of hydrogen-bond acceptors (Lipinski definition) is 2. The number of carbonyl (C=O) groups is 1. The topological polar surface area (TPSA) is 79.5 Å². The van der Waals surface area contributed by atoms with Gasteiger partial charge >= 0.3 is 0 Å². The van der Waals surface area contributed by atoms with Crippen LogP contribution in [0.2, 0.25) is 0 Å². The maximum Gasteiger partial charge on any atom is 0.220 e. The summed E-state index contributed by atoms with van der Waals surface area (Å²) >= 11 is 0. The lowest BCUT2D eigenvalue weighted by molar-refractivity contribution is -0.121. The first-order valence-corrected chi connectivity index (χ1v) is 6.91. The van der Waals surface area contributed by atoms with Gasteiger partial charge in [-0.3, -0.25) is 9.79 Å². The van der Waals surface area contributed by atoms with Crippen LogP contribution < -0.4 is 16.4 Å². The van der Waals surface area contributed by atoms with Gasteiger partial charge in [0.05, 0.1) is 0 Å². The van der Waals surface area contributed by atoms with Gasteiger partial charge in [-0.25, -0.2) is 0 Å². The fourth-order valence-corrected chi connectivity index (χ4v) is 1.51. The maximum atomic E-state index is 11.4. The molecule has 1 fully saturated rings. The van der Waals surface area contributed by atoms with Crippen molar-refractivity contribution >= 4 is 35.8 Å². The summed E-state index contributed by atoms with van der Waals surface area (Å²) in [6, 6.07) is 0.448. The Morgan fingerprint density at radius 2 is 2.11 bits per heavy atom. The Bertz CT molecular complexity index is 290. The van der Waals surface area contributed by atoms with Crippen LogP contribution in [0.4, 0.5) is 0 Å². The molecule has 0 heterocycles. The smallest absolute Gasteiger partial charge is 0.220 e. The van der Waals surface area contributed by atoms with Gasteiger partial charge in [-0.2, -0.15) is 0 Å². The first-order valence-electron chi connectivity index (χ1n) is 6.91. The molecule has 0 aliphatic heterocycles. The molecule has 5 nitrogen and oxygen atoms in total. The van der Waals surface area contributed by atoms with E-state index in [2.05, 4.69) is 29.5 Å². The summed E-state index contributed by atoms with van der Waals surface area (Å²) < 4.78 is 0. The van der Waals surface area contributed by atoms with E-state index in [1.54, 1.807) is 0 Å². The van der Waals surface area contributed by atoms with Crippen molar-refractivity contribution < 1.29 is 4.79 Å². The minimum atomic E-state index is 0. The second kappa shape index (κ2) is 10.3. The summed E-state index contributed by atoms with van der Waals surface area (Å²) in [5.41, 5.74) is 5.71. The fraction of sp³-hybridized carbons (Fsp3) is 0.846. The summed E-state index contributed by atoms with van der Waals surface area (Å²) in [5, 5.41) is 6.03. The second-order valence-corrected chi connectivity index (χ2v) is 5.32. The van der Waals surface area contributed by atoms with Gasteiger partial charge in [0.1, 0.15) is 0 Å². The van der Waals surface area contributed by atoms with Crippen molar-refractivity contribution in [3.8, 4) is 0 Å². The van der Waals surface area contributed by atoms with Crippen LogP contribution in [0, 0.1) is 5.92 Å². The highest BCUT2D eigenvalue weighted by Crippen LogP contribution is 2.18. The van der Waals surface area contributed by atoms with Crippen LogP contribution in [0.25, 0.3) is 0 Å². The van der Waals surface area contributed by atoms with Crippen molar-refractivity contribution in [3.63, 3.8) is 0 Å². The molecule has 0 saturated heterocycles. The Balaban J connectivity index is 0.00000324. The molecule has 1 aliphatic carbocycles. The van der Waals surface area contributed by atoms with Crippen molar-refractivity contribution in [2.75, 3.05) is 13.1 Å². The Kier molecular flexibility index (Phi) is 9.99. The standard InChI is InChI=1S/C13H26N4O.HI/c1-10(2)7-9-16-13(14)15-8-3-4-12(18)17-11-5-6-11;/h10-11H,3-9H2,1-2H3,(H,17,18)(H3,14,15,16);1H. The van der Waals surface area contributed by atoms with Gasteiger partial charge in [0, 0.05) is 25.6 Å². The van der Waals surface area contributed by atoms with E-state index in [-0.39, 0.29) is 29.9 Å². The van der Waals surface area contributed by atoms with Crippen LogP contribution in [0.5, 0.6) is 0 Å². The molecule has 0 aromatic rings. The van der Waals surface area contributed by atoms with Gasteiger partial charge in [-0.15, -0.1) is 24.0 Å². The second-order valence-electron chi connectivity index (χ2n) is 5.32. The number of aliphatic imine (C=N–C) groups is 1. The summed E-state index contributed by atoms with van der Waals surface area (Å²) in [4.78, 5) is 15.6. The summed E-state index contributed by atoms with van der Waals surface area (Å²) in [6.45, 7) is 5.81. The van der Waals surface area contributed by atoms with E-state index < -0.39 is 0 Å². The van der Waals surface area contributed by atoms with Crippen LogP contribution in [0.3, 0.4) is 0 Å². The molecule has 0 bridgehead atoms. The Labute approximate surface area is 133 Å². The first kappa shape index (κ1) is 18.5. The molecule has 0 aromatic carbocycles. The van der Waals surface area contributed by atoms with E-state index >= 15 is 0 Å². The monoisotopic (exact) mass is 382 g/mol. The van der Waals surface area contributed by atoms with Crippen molar-refractivity contribution in [1.82, 2.24) is 10.6 Å². The Morgan fingerprint density at radius 1 is 1.42 bits per heavy atom. The molecular weight excluding hydrogens is 355 g/mol. The number of amides is 1. The summed E-state index contributed by atoms with van der Waals surface area (Å²) in [7, 11) is 0. The lowest BCUT2D eigenvalue weighted by atomic mass is 10.1. The molecule has 0 atom stereocenters. The number of halogens is 1. The molecule has 112 valence electrons. The maximum absolute atomic E-state index is 11.4. The van der Waals surface area contributed by atoms with E-state index in [1.807, 2.05) is 0 Å². The SMILES string of the molecule is CC(C)CCNC(N)=NCCCC(=O)NC1CC1.I. The highest BCUT2D eigenvalue weighted by atomic mass is 127. The lowest BCUT2D eigenvalue weighted by Gasteiger charge is -2.07. The predicted octanol–water partition coefficient (Wildman–Crippen LogP) is 1.61. The molecule has 6 heteroatoms. The Morgan fingerprint density at radius 3 is 2.68 bits per heavy atom. The van der Waals surface area contributed by atoms with E-state index in [1.165, 1.54) is 0 Å². The molecule has 1 rings (SSSR count). The van der Waals surface area contributed by atoms with Crippen molar-refractivity contribution in [1.29, 1.82) is 0 Å². The average molecular weight is 382 g/mol. The highest BCUT2D eigenvalue weighted by molar-refractivity contribution is 14.0. The van der Waals surface area contributed by atoms with E-state index in [0.717, 1.165) is 32.2 Å². The van der Waals surface area contributed by atoms with E-state index in [9.17, 15) is 4.79 Å². The van der Waals surface area contributed by atoms with Crippen LogP contribution in [-0.2, 0) is 4.79 Å². The third kappa shape index (κ3) is 11.0. The van der Waals surface area contributed by atoms with Crippen LogP contribution in [0.15, 0.2) is 4.99 Å². The van der Waals surface area contributed by atoms with Crippen LogP contribution >= 0.6 is 24.0 Å². The molecular formula is C13H27IN4O. The molecule has 0 spiro atoms. The van der Waals surface area contributed by atoms with Crippen molar-refractivity contribution in [2.24, 2.45) is 16.6 Å². The number of hydrogen-bond donors (Lipinski definition) is 3. The van der Waals surface area contributed by atoms with Gasteiger partial charge in [0.15, 0.2) is 5.96 Å². The number of carbonyl (C=O) groups excluding carboxylic acids is 1. The number of nitrogens with zero attached hydrogens (tertiary/aromatic N) is 1. The molecule has 4 N–H and O–H groups in total. The van der Waals surface area contributed by atoms with E-state index in [4.69, 9.17) is 5.73 Å². The molecule has 1 amide bonds. The van der Waals surface area contributed by atoms with Gasteiger partial charge in [-0.1, -0.05) is 13.8 Å². The third-order valence-corrected chi connectivity index (χ3v) is 2.81. The molecule has 1 aliphatic rings. The minimum Gasteiger partial charge on any atom is -0.370 e. The molecule has 0 unspecified atom stereocenters. The minimum absolute atomic E-state index is 0. The number of rotatable bonds is 8. The molecule has 0 aromatic heterocycles. The Hall–Kier alpha value is -0.530. The highest BCUT2D eigenvalue weighted by Gasteiger charge is 2.22. The average Bonchev–Trinajstić information content (AvgIpc) is 3.08. The third-order valence-electron chi connectivity index (χ3n) is 2.81.